The van der Waals surface area contributed by atoms with Crippen LogP contribution in [0.1, 0.15) is 119 Å². The van der Waals surface area contributed by atoms with Gasteiger partial charge in [0.1, 0.15) is 12.2 Å². The number of aliphatic hydroxyl groups is 5. The monoisotopic (exact) mass is 889 g/mol. The largest absolute Gasteiger partial charge is 0.392 e. The molecule has 358 valence electrons. The van der Waals surface area contributed by atoms with E-state index in [0.29, 0.717) is 69.9 Å². The molecular weight excluding hydrogens is 809 g/mol. The number of methoxy groups -OCH3 is 2. The molecule has 1 aliphatic carbocycles. The highest BCUT2D eigenvalue weighted by Gasteiger charge is 2.52. The molecule has 0 aromatic rings. The number of aliphatic hydroxyl groups excluding tert-OH is 4. The summed E-state index contributed by atoms with van der Waals surface area (Å²) in [6.07, 6.45) is 10.9. The number of hydrogen-bond acceptors (Lipinski definition) is 13. The number of fused-ring (bicyclic) bond motifs is 3. The molecule has 14 nitrogen and oxygen atoms in total. The van der Waals surface area contributed by atoms with E-state index in [4.69, 9.17) is 24.7 Å². The molecule has 2 saturated heterocycles. The number of ketones is 2. The maximum absolute atomic E-state index is 14.2. The van der Waals surface area contributed by atoms with E-state index >= 15 is 0 Å². The Kier molecular flexibility index (Phi) is 20.8. The molecule has 2 bridgehead atoms. The SMILES string of the molecule is CO[C@H]1C[C@@H]2CC[C@@H](C)[C@@](O)(O2)C(=O)C(=O)N2CCCC[C@H]2CO[C@H]([C@H](N)C[C@@H]2CC[C@@H](O)[C@H](OC)C2)C[C@@H](O)[C@H](C)/C=C(\C)[C@@H](O)[C@@H](O)C(=O)[C@H](C)C[C@H](C)/C=C/C=C/C=C/1C. The van der Waals surface area contributed by atoms with Gasteiger partial charge in [0.25, 0.3) is 11.7 Å². The molecular formula is C49H80N2O12. The molecule has 16 atom stereocenters. The summed E-state index contributed by atoms with van der Waals surface area (Å²) < 4.78 is 24.2. The quantitative estimate of drug-likeness (QED) is 0.166. The molecule has 63 heavy (non-hydrogen) atoms. The highest BCUT2D eigenvalue weighted by molar-refractivity contribution is 6.38. The van der Waals surface area contributed by atoms with E-state index in [0.717, 1.165) is 18.4 Å². The van der Waals surface area contributed by atoms with Crippen LogP contribution in [-0.2, 0) is 33.3 Å². The van der Waals surface area contributed by atoms with E-state index in [1.165, 1.54) is 4.90 Å². The molecule has 14 heteroatoms. The Morgan fingerprint density at radius 2 is 1.57 bits per heavy atom. The summed E-state index contributed by atoms with van der Waals surface area (Å²) >= 11 is 0. The van der Waals surface area contributed by atoms with Gasteiger partial charge in [0.15, 0.2) is 5.78 Å². The lowest BCUT2D eigenvalue weighted by Crippen LogP contribution is -2.60. The molecule has 1 amide bonds. The fourth-order valence-electron chi connectivity index (χ4n) is 9.89. The first-order valence-corrected chi connectivity index (χ1v) is 23.4. The van der Waals surface area contributed by atoms with Crippen LogP contribution in [-0.4, -0.2) is 142 Å². The average Bonchev–Trinajstić information content (AvgIpc) is 3.26. The third-order valence-corrected chi connectivity index (χ3v) is 14.3. The van der Waals surface area contributed by atoms with Crippen molar-refractivity contribution in [2.75, 3.05) is 27.4 Å². The molecule has 0 aromatic carbocycles. The van der Waals surface area contributed by atoms with Gasteiger partial charge in [-0.15, -0.1) is 0 Å². The molecule has 0 unspecified atom stereocenters. The van der Waals surface area contributed by atoms with Crippen LogP contribution in [0.4, 0.5) is 0 Å². The topological polar surface area (TPSA) is 219 Å². The summed E-state index contributed by atoms with van der Waals surface area (Å²) in [6, 6.07) is -1.07. The average molecular weight is 889 g/mol. The van der Waals surface area contributed by atoms with Gasteiger partial charge in [0, 0.05) is 57.4 Å². The minimum Gasteiger partial charge on any atom is -0.392 e. The number of hydrogen-bond donors (Lipinski definition) is 6. The number of rotatable bonds is 5. The van der Waals surface area contributed by atoms with Crippen molar-refractivity contribution in [3.8, 4) is 0 Å². The Bertz CT molecular complexity index is 1620. The second-order valence-electron chi connectivity index (χ2n) is 19.3. The van der Waals surface area contributed by atoms with Crippen LogP contribution in [0.25, 0.3) is 0 Å². The maximum atomic E-state index is 14.2. The van der Waals surface area contributed by atoms with Gasteiger partial charge in [0.05, 0.1) is 49.3 Å². The van der Waals surface area contributed by atoms with Crippen LogP contribution in [0, 0.1) is 29.6 Å². The first-order chi connectivity index (χ1) is 29.8. The number of nitrogens with zero attached hydrogens (tertiary/aromatic N) is 1. The zero-order valence-corrected chi connectivity index (χ0v) is 39.1. The highest BCUT2D eigenvalue weighted by atomic mass is 16.6. The number of ether oxygens (including phenoxy) is 4. The molecule has 3 heterocycles. The predicted octanol–water partition coefficient (Wildman–Crippen LogP) is 4.48. The smallest absolute Gasteiger partial charge is 0.296 e. The minimum absolute atomic E-state index is 0.00910. The van der Waals surface area contributed by atoms with Crippen molar-refractivity contribution in [3.05, 3.63) is 47.6 Å². The maximum Gasteiger partial charge on any atom is 0.296 e. The number of carbonyl (C=O) groups is 3. The van der Waals surface area contributed by atoms with Gasteiger partial charge in [-0.1, -0.05) is 64.2 Å². The second kappa shape index (κ2) is 24.8. The van der Waals surface area contributed by atoms with E-state index in [2.05, 4.69) is 0 Å². The Hall–Kier alpha value is -2.63. The molecule has 3 aliphatic heterocycles. The van der Waals surface area contributed by atoms with E-state index in [-0.39, 0.29) is 37.1 Å². The first kappa shape index (κ1) is 53.0. The number of carbonyl (C=O) groups excluding carboxylic acids is 3. The van der Waals surface area contributed by atoms with Crippen LogP contribution in [0.5, 0.6) is 0 Å². The number of piperidine rings is 1. The Morgan fingerprint density at radius 3 is 2.27 bits per heavy atom. The first-order valence-electron chi connectivity index (χ1n) is 23.4. The molecule has 0 radical (unpaired) electrons. The third-order valence-electron chi connectivity index (χ3n) is 14.3. The zero-order valence-electron chi connectivity index (χ0n) is 39.1. The van der Waals surface area contributed by atoms with Crippen molar-refractivity contribution >= 4 is 17.5 Å². The normalized spacial score (nSPS) is 42.6. The fourth-order valence-corrected chi connectivity index (χ4v) is 9.89. The van der Waals surface area contributed by atoms with Crippen LogP contribution in [0.15, 0.2) is 47.6 Å². The van der Waals surface area contributed by atoms with Crippen molar-refractivity contribution in [2.24, 2.45) is 35.3 Å². The lowest BCUT2D eigenvalue weighted by Gasteiger charge is -2.43. The standard InChI is InChI=1S/C49H80N2O12/c1-29-14-10-9-11-15-30(2)41(60-7)26-37-19-17-34(6)49(59,63-37)47(57)48(58)51-21-13-12-16-36(51)28-62-42(38(50)24-35-18-20-39(52)43(25-35)61-8)27-40(53)31(3)23-33(5)45(55)46(56)44(54)32(4)22-29/h9-11,14-15,23,29,31-32,34-43,45-46,52-53,55-56,59H,12-13,16-22,24-28,50H2,1-8H3/b11-9+,14-10+,30-15+,33-23+/t29-,31-,32-,34-,35+,36+,37+,38-,39-,40-,41+,42+,43-,45-,46+,49-/m1/s1. The molecule has 3 fully saturated rings. The third kappa shape index (κ3) is 14.4. The molecule has 1 saturated carbocycles. The van der Waals surface area contributed by atoms with Crippen LogP contribution in [0.2, 0.25) is 0 Å². The fraction of sp³-hybridized carbons (Fsp3) is 0.776. The summed E-state index contributed by atoms with van der Waals surface area (Å²) in [7, 11) is 3.17. The molecule has 0 spiro atoms. The molecule has 7 N–H and O–H groups in total. The van der Waals surface area contributed by atoms with Gasteiger partial charge in [-0.25, -0.2) is 0 Å². The Balaban J connectivity index is 1.65. The molecule has 0 aromatic heterocycles. The van der Waals surface area contributed by atoms with E-state index in [1.807, 2.05) is 44.2 Å². The summed E-state index contributed by atoms with van der Waals surface area (Å²) in [5, 5.41) is 56.2. The van der Waals surface area contributed by atoms with E-state index in [9.17, 15) is 39.9 Å². The predicted molar refractivity (Wildman–Crippen MR) is 240 cm³/mol. The number of amides is 1. The Labute approximate surface area is 375 Å². The minimum atomic E-state index is -2.32. The number of nitrogens with two attached hydrogens (primary N) is 1. The van der Waals surface area contributed by atoms with Crippen molar-refractivity contribution < 1.29 is 58.9 Å². The van der Waals surface area contributed by atoms with Gasteiger partial charge in [-0.3, -0.25) is 14.4 Å². The van der Waals surface area contributed by atoms with Crippen molar-refractivity contribution in [3.63, 3.8) is 0 Å². The lowest BCUT2D eigenvalue weighted by atomic mass is 9.80. The number of Topliss-reactive ketones (excluding diaryl/α,β-unsaturated/α-hetero) is 2. The van der Waals surface area contributed by atoms with Crippen molar-refractivity contribution in [2.45, 2.75) is 185 Å². The second-order valence-corrected chi connectivity index (χ2v) is 19.3. The van der Waals surface area contributed by atoms with Gasteiger partial charge >= 0.3 is 0 Å². The van der Waals surface area contributed by atoms with Gasteiger partial charge in [0.2, 0.25) is 5.79 Å². The number of allylic oxidation sites excluding steroid dienone is 5. The highest BCUT2D eigenvalue weighted by Crippen LogP contribution is 2.37. The lowest BCUT2D eigenvalue weighted by molar-refractivity contribution is -0.265. The Morgan fingerprint density at radius 1 is 0.841 bits per heavy atom. The van der Waals surface area contributed by atoms with Crippen LogP contribution in [0.3, 0.4) is 0 Å². The van der Waals surface area contributed by atoms with Crippen LogP contribution >= 0.6 is 0 Å². The van der Waals surface area contributed by atoms with Gasteiger partial charge < -0.3 is 55.1 Å². The van der Waals surface area contributed by atoms with Gasteiger partial charge in [-0.2, -0.15) is 0 Å². The van der Waals surface area contributed by atoms with Crippen molar-refractivity contribution in [1.82, 2.24) is 4.90 Å². The molecule has 4 aliphatic rings. The van der Waals surface area contributed by atoms with Crippen molar-refractivity contribution in [1.29, 1.82) is 0 Å². The summed E-state index contributed by atoms with van der Waals surface area (Å²) in [6.45, 7) is 11.1. The van der Waals surface area contributed by atoms with Gasteiger partial charge in [-0.05, 0) is 101 Å². The summed E-state index contributed by atoms with van der Waals surface area (Å²) in [5.41, 5.74) is 8.17. The van der Waals surface area contributed by atoms with E-state index in [1.54, 1.807) is 48.0 Å². The van der Waals surface area contributed by atoms with E-state index < -0.39 is 89.7 Å². The van der Waals surface area contributed by atoms with Crippen LogP contribution < -0.4 is 5.73 Å². The summed E-state index contributed by atoms with van der Waals surface area (Å²) in [4.78, 5) is 43.2. The molecule has 4 rings (SSSR count). The zero-order chi connectivity index (χ0) is 46.6. The summed E-state index contributed by atoms with van der Waals surface area (Å²) in [5.74, 6) is -6.21.